The SMILES string of the molecule is COc1ncc(-c2cc([C@H]3C[C@@H]3c3cc(F)c4cnn(CC(F)(F)F)c4c3)c3nccn3n2)c(OC)n1. The van der Waals surface area contributed by atoms with E-state index in [1.54, 1.807) is 29.2 Å². The number of methoxy groups -OCH3 is 2. The third kappa shape index (κ3) is 4.09. The lowest BCUT2D eigenvalue weighted by Gasteiger charge is -2.11. The lowest BCUT2D eigenvalue weighted by molar-refractivity contribution is -0.141. The third-order valence-electron chi connectivity index (χ3n) is 6.45. The highest BCUT2D eigenvalue weighted by atomic mass is 19.4. The zero-order valence-electron chi connectivity index (χ0n) is 19.6. The van der Waals surface area contributed by atoms with Crippen LogP contribution in [-0.2, 0) is 6.54 Å². The third-order valence-corrected chi connectivity index (χ3v) is 6.45. The Morgan fingerprint density at radius 1 is 1.05 bits per heavy atom. The van der Waals surface area contributed by atoms with E-state index in [9.17, 15) is 17.6 Å². The van der Waals surface area contributed by atoms with E-state index in [4.69, 9.17) is 9.47 Å². The van der Waals surface area contributed by atoms with Crippen LogP contribution in [0.15, 0.2) is 43.0 Å². The van der Waals surface area contributed by atoms with Gasteiger partial charge in [0.25, 0.3) is 0 Å². The molecule has 1 aliphatic rings. The standard InChI is InChI=1S/C24H19F4N7O2/c1-36-22-17(9-30-23(32-22)37-2)19-8-15(21-29-3-4-34(21)33-19)14-7-13(14)12-5-18(25)16-10-31-35(20(16)6-12)11-24(26,27)28/h3-6,8-10,13-14H,7,11H2,1-2H3/t13-,14+/m1/s1. The van der Waals surface area contributed by atoms with Crippen LogP contribution in [0.5, 0.6) is 11.9 Å². The first-order valence-corrected chi connectivity index (χ1v) is 11.3. The first-order valence-electron chi connectivity index (χ1n) is 11.3. The summed E-state index contributed by atoms with van der Waals surface area (Å²) in [4.78, 5) is 12.8. The summed E-state index contributed by atoms with van der Waals surface area (Å²) in [6, 6.07) is 4.97. The summed E-state index contributed by atoms with van der Waals surface area (Å²) in [5.74, 6) is -0.485. The van der Waals surface area contributed by atoms with Crippen molar-refractivity contribution in [2.45, 2.75) is 31.0 Å². The molecule has 0 bridgehead atoms. The molecular weight excluding hydrogens is 494 g/mol. The summed E-state index contributed by atoms with van der Waals surface area (Å²) in [5, 5.41) is 8.41. The van der Waals surface area contributed by atoms with Crippen LogP contribution in [-0.4, -0.2) is 54.7 Å². The Bertz CT molecular complexity index is 1650. The minimum atomic E-state index is -4.47. The minimum absolute atomic E-state index is 0.0485. The molecule has 1 aliphatic carbocycles. The van der Waals surface area contributed by atoms with E-state index in [0.717, 1.165) is 16.4 Å². The van der Waals surface area contributed by atoms with E-state index in [1.165, 1.54) is 20.3 Å². The maximum Gasteiger partial charge on any atom is 0.408 e. The molecule has 13 heteroatoms. The molecule has 0 unspecified atom stereocenters. The van der Waals surface area contributed by atoms with Gasteiger partial charge in [0.1, 0.15) is 12.4 Å². The van der Waals surface area contributed by atoms with E-state index >= 15 is 0 Å². The Hall–Kier alpha value is -4.29. The van der Waals surface area contributed by atoms with Gasteiger partial charge in [-0.3, -0.25) is 4.68 Å². The van der Waals surface area contributed by atoms with Crippen molar-refractivity contribution in [3.63, 3.8) is 0 Å². The fourth-order valence-corrected chi connectivity index (χ4v) is 4.70. The molecule has 0 radical (unpaired) electrons. The molecule has 6 rings (SSSR count). The molecule has 0 spiro atoms. The number of fused-ring (bicyclic) bond motifs is 2. The first-order chi connectivity index (χ1) is 17.8. The minimum Gasteiger partial charge on any atom is -0.480 e. The smallest absolute Gasteiger partial charge is 0.408 e. The topological polar surface area (TPSA) is 92.3 Å². The number of imidazole rings is 1. The van der Waals surface area contributed by atoms with Gasteiger partial charge in [-0.15, -0.1) is 0 Å². The summed E-state index contributed by atoms with van der Waals surface area (Å²) in [5.41, 5.74) is 3.29. The number of hydrogen-bond donors (Lipinski definition) is 0. The number of benzene rings is 1. The van der Waals surface area contributed by atoms with Crippen molar-refractivity contribution in [3.8, 4) is 23.1 Å². The predicted octanol–water partition coefficient (Wildman–Crippen LogP) is 4.53. The van der Waals surface area contributed by atoms with Crippen LogP contribution in [0.1, 0.15) is 29.4 Å². The average Bonchev–Trinajstić information content (AvgIpc) is 3.35. The van der Waals surface area contributed by atoms with E-state index in [0.29, 0.717) is 28.9 Å². The lowest BCUT2D eigenvalue weighted by Crippen LogP contribution is -2.18. The fraction of sp³-hybridized carbons (Fsp3) is 0.292. The van der Waals surface area contributed by atoms with Gasteiger partial charge in [-0.05, 0) is 42.0 Å². The van der Waals surface area contributed by atoms with Gasteiger partial charge < -0.3 is 9.47 Å². The predicted molar refractivity (Wildman–Crippen MR) is 123 cm³/mol. The summed E-state index contributed by atoms with van der Waals surface area (Å²) in [6.45, 7) is -1.29. The van der Waals surface area contributed by atoms with E-state index < -0.39 is 18.5 Å². The molecule has 9 nitrogen and oxygen atoms in total. The second-order valence-electron chi connectivity index (χ2n) is 8.76. The molecule has 190 valence electrons. The molecule has 0 N–H and O–H groups in total. The van der Waals surface area contributed by atoms with Gasteiger partial charge in [0.2, 0.25) is 5.88 Å². The highest BCUT2D eigenvalue weighted by molar-refractivity contribution is 5.80. The number of hydrogen-bond acceptors (Lipinski definition) is 7. The van der Waals surface area contributed by atoms with Crippen molar-refractivity contribution in [2.75, 3.05) is 14.2 Å². The molecule has 2 atom stereocenters. The molecule has 5 aromatic rings. The first kappa shape index (κ1) is 23.1. The molecule has 1 fully saturated rings. The Morgan fingerprint density at radius 2 is 1.89 bits per heavy atom. The molecule has 0 aliphatic heterocycles. The van der Waals surface area contributed by atoms with E-state index in [2.05, 4.69) is 25.1 Å². The average molecular weight is 513 g/mol. The van der Waals surface area contributed by atoms with Gasteiger partial charge in [-0.1, -0.05) is 0 Å². The van der Waals surface area contributed by atoms with Crippen LogP contribution in [0.4, 0.5) is 17.6 Å². The molecule has 0 saturated heterocycles. The van der Waals surface area contributed by atoms with Gasteiger partial charge in [-0.25, -0.2) is 18.9 Å². The summed E-state index contributed by atoms with van der Waals surface area (Å²) in [6.07, 6.45) is 2.20. The second-order valence-corrected chi connectivity index (χ2v) is 8.76. The normalized spacial score (nSPS) is 17.5. The molecule has 0 amide bonds. The van der Waals surface area contributed by atoms with Crippen LogP contribution in [0.25, 0.3) is 27.8 Å². The van der Waals surface area contributed by atoms with Crippen molar-refractivity contribution >= 4 is 16.6 Å². The van der Waals surface area contributed by atoms with Crippen LogP contribution in [0.2, 0.25) is 0 Å². The maximum atomic E-state index is 14.8. The lowest BCUT2D eigenvalue weighted by atomic mass is 10.0. The molecule has 37 heavy (non-hydrogen) atoms. The van der Waals surface area contributed by atoms with Crippen LogP contribution in [0.3, 0.4) is 0 Å². The molecule has 1 aromatic carbocycles. The van der Waals surface area contributed by atoms with Crippen molar-refractivity contribution in [3.05, 3.63) is 59.9 Å². The zero-order valence-corrected chi connectivity index (χ0v) is 19.6. The van der Waals surface area contributed by atoms with Crippen LogP contribution >= 0.6 is 0 Å². The van der Waals surface area contributed by atoms with Crippen molar-refractivity contribution in [1.29, 1.82) is 0 Å². The van der Waals surface area contributed by atoms with Gasteiger partial charge >= 0.3 is 12.2 Å². The Kier molecular flexibility index (Phi) is 5.24. The second kappa shape index (κ2) is 8.39. The number of halogens is 4. The van der Waals surface area contributed by atoms with Crippen LogP contribution < -0.4 is 9.47 Å². The summed E-state index contributed by atoms with van der Waals surface area (Å²) >= 11 is 0. The van der Waals surface area contributed by atoms with Gasteiger partial charge in [0.05, 0.1) is 42.6 Å². The summed E-state index contributed by atoms with van der Waals surface area (Å²) < 4.78 is 66.7. The van der Waals surface area contributed by atoms with E-state index in [1.807, 2.05) is 6.07 Å². The Balaban J connectivity index is 1.40. The molecule has 1 saturated carbocycles. The number of aromatic nitrogens is 7. The molecule has 4 aromatic heterocycles. The quantitative estimate of drug-likeness (QED) is 0.308. The Morgan fingerprint density at radius 3 is 2.65 bits per heavy atom. The zero-order chi connectivity index (χ0) is 25.9. The van der Waals surface area contributed by atoms with Gasteiger partial charge in [0, 0.05) is 24.2 Å². The van der Waals surface area contributed by atoms with Crippen molar-refractivity contribution in [2.24, 2.45) is 0 Å². The number of ether oxygens (including phenoxy) is 2. The Labute approximate surface area is 206 Å². The van der Waals surface area contributed by atoms with E-state index in [-0.39, 0.29) is 34.6 Å². The number of alkyl halides is 3. The monoisotopic (exact) mass is 513 g/mol. The molecular formula is C24H19F4N7O2. The van der Waals surface area contributed by atoms with Gasteiger partial charge in [0.15, 0.2) is 5.65 Å². The fourth-order valence-electron chi connectivity index (χ4n) is 4.70. The van der Waals surface area contributed by atoms with Crippen molar-refractivity contribution in [1.82, 2.24) is 34.3 Å². The maximum absolute atomic E-state index is 14.8. The highest BCUT2D eigenvalue weighted by Crippen LogP contribution is 2.56. The van der Waals surface area contributed by atoms with Gasteiger partial charge in [-0.2, -0.15) is 28.4 Å². The largest absolute Gasteiger partial charge is 0.480 e. The highest BCUT2D eigenvalue weighted by Gasteiger charge is 2.42. The number of nitrogens with zero attached hydrogens (tertiary/aromatic N) is 7. The van der Waals surface area contributed by atoms with Crippen molar-refractivity contribution < 1.29 is 27.0 Å². The molecule has 4 heterocycles. The summed E-state index contributed by atoms with van der Waals surface area (Å²) in [7, 11) is 2.93. The number of rotatable bonds is 6. The van der Waals surface area contributed by atoms with Crippen LogP contribution in [0, 0.1) is 5.82 Å².